The van der Waals surface area contributed by atoms with Crippen molar-refractivity contribution in [3.8, 4) is 11.5 Å². The van der Waals surface area contributed by atoms with Crippen LogP contribution < -0.4 is 14.8 Å². The molecule has 1 unspecified atom stereocenters. The topological polar surface area (TPSA) is 50.7 Å². The Morgan fingerprint density at radius 1 is 1.24 bits per heavy atom. The summed E-state index contributed by atoms with van der Waals surface area (Å²) in [6, 6.07) is 10.9. The molecule has 6 heteroatoms. The number of ether oxygens (including phenoxy) is 2. The van der Waals surface area contributed by atoms with Gasteiger partial charge in [0.25, 0.3) is 0 Å². The van der Waals surface area contributed by atoms with Crippen LogP contribution in [-0.2, 0) is 0 Å². The van der Waals surface area contributed by atoms with Crippen LogP contribution in [0.5, 0.6) is 11.5 Å². The van der Waals surface area contributed by atoms with Crippen LogP contribution in [0.25, 0.3) is 0 Å². The molecule has 0 saturated carbocycles. The van der Waals surface area contributed by atoms with Crippen LogP contribution in [0.2, 0.25) is 5.02 Å². The summed E-state index contributed by atoms with van der Waals surface area (Å²) in [6.45, 7) is 0.167. The number of aliphatic hydroxyl groups is 1. The van der Waals surface area contributed by atoms with Crippen LogP contribution in [0.15, 0.2) is 40.9 Å². The largest absolute Gasteiger partial charge is 0.454 e. The molecule has 0 saturated heterocycles. The van der Waals surface area contributed by atoms with Crippen LogP contribution in [-0.4, -0.2) is 18.5 Å². The molecule has 3 rings (SSSR count). The van der Waals surface area contributed by atoms with Gasteiger partial charge in [0.05, 0.1) is 17.1 Å². The van der Waals surface area contributed by atoms with Gasteiger partial charge in [-0.25, -0.2) is 0 Å². The van der Waals surface area contributed by atoms with E-state index in [0.717, 1.165) is 15.7 Å². The molecule has 0 fully saturated rings. The van der Waals surface area contributed by atoms with Gasteiger partial charge < -0.3 is 19.9 Å². The molecule has 1 aliphatic rings. The van der Waals surface area contributed by atoms with E-state index in [9.17, 15) is 5.11 Å². The highest BCUT2D eigenvalue weighted by atomic mass is 79.9. The van der Waals surface area contributed by atoms with Crippen LogP contribution in [0, 0.1) is 0 Å². The zero-order chi connectivity index (χ0) is 14.8. The minimum Gasteiger partial charge on any atom is -0.454 e. The number of nitrogens with one attached hydrogen (secondary N) is 1. The maximum Gasteiger partial charge on any atom is 0.231 e. The lowest BCUT2D eigenvalue weighted by molar-refractivity contribution is 0.173. The SMILES string of the molecule is OCC(Nc1ccc(Cl)cc1)c1cc(Br)c2c(c1)OCO2. The lowest BCUT2D eigenvalue weighted by atomic mass is 10.1. The Kier molecular flexibility index (Phi) is 4.24. The predicted octanol–water partition coefficient (Wildman–Crippen LogP) is 3.98. The number of fused-ring (bicyclic) bond motifs is 1. The van der Waals surface area contributed by atoms with Gasteiger partial charge in [0.1, 0.15) is 0 Å². The summed E-state index contributed by atoms with van der Waals surface area (Å²) in [6.07, 6.45) is 0. The molecule has 1 atom stereocenters. The van der Waals surface area contributed by atoms with E-state index >= 15 is 0 Å². The molecule has 1 heterocycles. The van der Waals surface area contributed by atoms with Crippen molar-refractivity contribution in [2.24, 2.45) is 0 Å². The van der Waals surface area contributed by atoms with Gasteiger partial charge in [-0.05, 0) is 57.9 Å². The summed E-state index contributed by atoms with van der Waals surface area (Å²) < 4.78 is 11.6. The van der Waals surface area contributed by atoms with Gasteiger partial charge in [-0.15, -0.1) is 0 Å². The first-order valence-corrected chi connectivity index (χ1v) is 7.56. The number of hydrogen-bond acceptors (Lipinski definition) is 4. The maximum atomic E-state index is 9.66. The van der Waals surface area contributed by atoms with E-state index in [4.69, 9.17) is 21.1 Å². The summed E-state index contributed by atoms with van der Waals surface area (Å²) in [5.41, 5.74) is 1.79. The lowest BCUT2D eigenvalue weighted by Crippen LogP contribution is -2.14. The Labute approximate surface area is 135 Å². The highest BCUT2D eigenvalue weighted by molar-refractivity contribution is 9.10. The number of hydrogen-bond donors (Lipinski definition) is 2. The van der Waals surface area contributed by atoms with Gasteiger partial charge in [0.15, 0.2) is 11.5 Å². The predicted molar refractivity (Wildman–Crippen MR) is 85.2 cm³/mol. The fraction of sp³-hybridized carbons (Fsp3) is 0.200. The van der Waals surface area contributed by atoms with Crippen LogP contribution in [0.1, 0.15) is 11.6 Å². The van der Waals surface area contributed by atoms with Gasteiger partial charge in [0.2, 0.25) is 6.79 Å². The van der Waals surface area contributed by atoms with Gasteiger partial charge in [-0.2, -0.15) is 0 Å². The van der Waals surface area contributed by atoms with E-state index in [1.54, 1.807) is 12.1 Å². The fourth-order valence-electron chi connectivity index (χ4n) is 2.17. The second-order valence-electron chi connectivity index (χ2n) is 4.62. The van der Waals surface area contributed by atoms with Crippen molar-refractivity contribution in [3.63, 3.8) is 0 Å². The Balaban J connectivity index is 1.86. The third kappa shape index (κ3) is 3.10. The summed E-state index contributed by atoms with van der Waals surface area (Å²) in [7, 11) is 0. The van der Waals surface area contributed by atoms with Gasteiger partial charge in [-0.3, -0.25) is 0 Å². The third-order valence-electron chi connectivity index (χ3n) is 3.22. The second-order valence-corrected chi connectivity index (χ2v) is 5.91. The molecular weight excluding hydrogens is 358 g/mol. The molecule has 110 valence electrons. The molecule has 0 aliphatic carbocycles. The molecule has 0 bridgehead atoms. The first-order chi connectivity index (χ1) is 10.2. The van der Waals surface area contributed by atoms with Crippen molar-refractivity contribution in [2.45, 2.75) is 6.04 Å². The summed E-state index contributed by atoms with van der Waals surface area (Å²) in [5, 5.41) is 13.6. The molecule has 2 N–H and O–H groups in total. The highest BCUT2D eigenvalue weighted by Crippen LogP contribution is 2.41. The van der Waals surface area contributed by atoms with Crippen molar-refractivity contribution in [2.75, 3.05) is 18.7 Å². The minimum absolute atomic E-state index is 0.0469. The first kappa shape index (κ1) is 14.5. The summed E-state index contributed by atoms with van der Waals surface area (Å²) in [5.74, 6) is 1.37. The number of benzene rings is 2. The Bertz CT molecular complexity index is 648. The molecule has 1 aliphatic heterocycles. The molecule has 2 aromatic carbocycles. The summed E-state index contributed by atoms with van der Waals surface area (Å²) >= 11 is 9.33. The molecule has 0 spiro atoms. The van der Waals surface area contributed by atoms with E-state index < -0.39 is 0 Å². The molecular formula is C15H13BrClNO3. The molecule has 0 aromatic heterocycles. The van der Waals surface area contributed by atoms with E-state index in [-0.39, 0.29) is 19.4 Å². The standard InChI is InChI=1S/C15H13BrClNO3/c16-12-5-9(6-14-15(12)21-8-20-14)13(7-19)18-11-3-1-10(17)2-4-11/h1-6,13,18-19H,7-8H2. The Morgan fingerprint density at radius 3 is 2.71 bits per heavy atom. The normalized spacial score (nSPS) is 14.0. The van der Waals surface area contributed by atoms with Crippen molar-refractivity contribution in [3.05, 3.63) is 51.5 Å². The van der Waals surface area contributed by atoms with Crippen LogP contribution in [0.3, 0.4) is 0 Å². The van der Waals surface area contributed by atoms with Crippen LogP contribution >= 0.6 is 27.5 Å². The van der Waals surface area contributed by atoms with E-state index in [2.05, 4.69) is 21.2 Å². The van der Waals surface area contributed by atoms with Crippen molar-refractivity contribution < 1.29 is 14.6 Å². The van der Waals surface area contributed by atoms with Crippen molar-refractivity contribution >= 4 is 33.2 Å². The summed E-state index contributed by atoms with van der Waals surface area (Å²) in [4.78, 5) is 0. The van der Waals surface area contributed by atoms with E-state index in [0.29, 0.717) is 16.5 Å². The zero-order valence-electron chi connectivity index (χ0n) is 11.0. The van der Waals surface area contributed by atoms with Crippen molar-refractivity contribution in [1.29, 1.82) is 0 Å². The Hall–Kier alpha value is -1.43. The highest BCUT2D eigenvalue weighted by Gasteiger charge is 2.21. The molecule has 2 aromatic rings. The Morgan fingerprint density at radius 2 is 2.00 bits per heavy atom. The van der Waals surface area contributed by atoms with E-state index in [1.807, 2.05) is 24.3 Å². The monoisotopic (exact) mass is 369 g/mol. The first-order valence-electron chi connectivity index (χ1n) is 6.39. The minimum atomic E-state index is -0.253. The molecule has 0 radical (unpaired) electrons. The average Bonchev–Trinajstić information content (AvgIpc) is 2.95. The maximum absolute atomic E-state index is 9.66. The average molecular weight is 371 g/mol. The number of halogens is 2. The van der Waals surface area contributed by atoms with Crippen molar-refractivity contribution in [1.82, 2.24) is 0 Å². The third-order valence-corrected chi connectivity index (χ3v) is 4.06. The molecule has 21 heavy (non-hydrogen) atoms. The number of rotatable bonds is 4. The lowest BCUT2D eigenvalue weighted by Gasteiger charge is -2.19. The van der Waals surface area contributed by atoms with Gasteiger partial charge in [-0.1, -0.05) is 11.6 Å². The van der Waals surface area contributed by atoms with E-state index in [1.165, 1.54) is 0 Å². The number of anilines is 1. The van der Waals surface area contributed by atoms with Gasteiger partial charge >= 0.3 is 0 Å². The number of aliphatic hydroxyl groups excluding tert-OH is 1. The van der Waals surface area contributed by atoms with Crippen LogP contribution in [0.4, 0.5) is 5.69 Å². The smallest absolute Gasteiger partial charge is 0.231 e. The second kappa shape index (κ2) is 6.13. The molecule has 4 nitrogen and oxygen atoms in total. The van der Waals surface area contributed by atoms with Gasteiger partial charge in [0, 0.05) is 10.7 Å². The zero-order valence-corrected chi connectivity index (χ0v) is 13.3. The molecule has 0 amide bonds. The quantitative estimate of drug-likeness (QED) is 0.855. The fourth-order valence-corrected chi connectivity index (χ4v) is 2.87.